The van der Waals surface area contributed by atoms with Crippen LogP contribution in [0.4, 0.5) is 5.69 Å². The Balaban J connectivity index is 2.57. The first-order valence-corrected chi connectivity index (χ1v) is 7.27. The number of halogens is 1. The number of carbonyl (C=O) groups is 2. The highest BCUT2D eigenvalue weighted by Crippen LogP contribution is 2.22. The average Bonchev–Trinajstić information content (AvgIpc) is 2.40. The number of carboxylic acids is 1. The van der Waals surface area contributed by atoms with E-state index in [-0.39, 0.29) is 12.0 Å². The van der Waals surface area contributed by atoms with Gasteiger partial charge in [-0.2, -0.15) is 0 Å². The lowest BCUT2D eigenvalue weighted by Crippen LogP contribution is -2.20. The molecule has 0 saturated carbocycles. The maximum atomic E-state index is 11.4. The van der Waals surface area contributed by atoms with Crippen LogP contribution in [0.2, 0.25) is 5.02 Å². The lowest BCUT2D eigenvalue weighted by Gasteiger charge is -2.18. The summed E-state index contributed by atoms with van der Waals surface area (Å²) >= 11 is 5.85. The topological polar surface area (TPSA) is 92.4 Å². The molecular weight excluding hydrogens is 292 g/mol. The van der Waals surface area contributed by atoms with E-state index in [1.54, 1.807) is 19.1 Å². The number of carbonyl (C=O) groups excluding carboxylic acids is 1. The third-order valence-corrected chi connectivity index (χ3v) is 3.58. The molecule has 21 heavy (non-hydrogen) atoms. The molecule has 5 nitrogen and oxygen atoms in total. The number of anilines is 1. The molecule has 0 bridgehead atoms. The minimum Gasteiger partial charge on any atom is -0.481 e. The first-order valence-electron chi connectivity index (χ1n) is 6.90. The van der Waals surface area contributed by atoms with E-state index in [4.69, 9.17) is 22.4 Å². The van der Waals surface area contributed by atoms with Gasteiger partial charge in [0.25, 0.3) is 5.91 Å². The van der Waals surface area contributed by atoms with Gasteiger partial charge < -0.3 is 16.2 Å². The van der Waals surface area contributed by atoms with Crippen LogP contribution in [0.1, 0.15) is 43.5 Å². The average molecular weight is 313 g/mol. The van der Waals surface area contributed by atoms with Crippen molar-refractivity contribution in [2.24, 2.45) is 11.7 Å². The van der Waals surface area contributed by atoms with Crippen LogP contribution in [0.5, 0.6) is 0 Å². The fraction of sp³-hybridized carbons (Fsp3) is 0.467. The van der Waals surface area contributed by atoms with E-state index in [1.165, 1.54) is 6.07 Å². The van der Waals surface area contributed by atoms with Gasteiger partial charge in [-0.25, -0.2) is 0 Å². The van der Waals surface area contributed by atoms with Gasteiger partial charge in [0.05, 0.1) is 11.5 Å². The molecule has 6 heteroatoms. The molecule has 4 N–H and O–H groups in total. The van der Waals surface area contributed by atoms with Crippen LogP contribution in [0, 0.1) is 5.92 Å². The second-order valence-corrected chi connectivity index (χ2v) is 5.71. The van der Waals surface area contributed by atoms with Gasteiger partial charge in [0.2, 0.25) is 0 Å². The van der Waals surface area contributed by atoms with E-state index in [9.17, 15) is 9.59 Å². The summed E-state index contributed by atoms with van der Waals surface area (Å²) in [7, 11) is 0. The first kappa shape index (κ1) is 17.3. The van der Waals surface area contributed by atoms with Crippen molar-refractivity contribution in [3.63, 3.8) is 0 Å². The zero-order valence-electron chi connectivity index (χ0n) is 12.2. The molecule has 2 unspecified atom stereocenters. The van der Waals surface area contributed by atoms with Crippen LogP contribution in [0.15, 0.2) is 18.2 Å². The summed E-state index contributed by atoms with van der Waals surface area (Å²) in [5.41, 5.74) is 6.33. The summed E-state index contributed by atoms with van der Waals surface area (Å²) in [5, 5.41) is 12.5. The van der Waals surface area contributed by atoms with Gasteiger partial charge in [0.15, 0.2) is 0 Å². The number of rotatable bonds is 8. The monoisotopic (exact) mass is 312 g/mol. The summed E-state index contributed by atoms with van der Waals surface area (Å²) in [5.74, 6) is -1.65. The fourth-order valence-electron chi connectivity index (χ4n) is 2.04. The van der Waals surface area contributed by atoms with Gasteiger partial charge >= 0.3 is 5.97 Å². The van der Waals surface area contributed by atoms with E-state index < -0.39 is 11.9 Å². The van der Waals surface area contributed by atoms with Crippen LogP contribution in [0.3, 0.4) is 0 Å². The zero-order chi connectivity index (χ0) is 16.0. The second-order valence-electron chi connectivity index (χ2n) is 5.27. The molecule has 116 valence electrons. The summed E-state index contributed by atoms with van der Waals surface area (Å²) in [6.07, 6.45) is 2.23. The minimum atomic E-state index is -0.774. The van der Waals surface area contributed by atoms with Crippen molar-refractivity contribution in [1.29, 1.82) is 0 Å². The van der Waals surface area contributed by atoms with E-state index in [0.29, 0.717) is 22.7 Å². The number of hydrogen-bond donors (Lipinski definition) is 3. The fourth-order valence-corrected chi connectivity index (χ4v) is 2.21. The highest BCUT2D eigenvalue weighted by molar-refractivity contribution is 6.31. The standard InChI is InChI=1S/C15H21ClN2O3/c1-9(15(20)21)4-3-5-10(2)18-13-7-6-11(16)8-12(13)14(17)19/h6-10,18H,3-5H2,1-2H3,(H2,17,19)(H,20,21). The van der Waals surface area contributed by atoms with Gasteiger partial charge in [-0.1, -0.05) is 24.9 Å². The minimum absolute atomic E-state index is 0.102. The Morgan fingerprint density at radius 1 is 1.33 bits per heavy atom. The Bertz CT molecular complexity index is 520. The van der Waals surface area contributed by atoms with Crippen LogP contribution < -0.4 is 11.1 Å². The summed E-state index contributed by atoms with van der Waals surface area (Å²) in [6.45, 7) is 3.68. The Hall–Kier alpha value is -1.75. The maximum absolute atomic E-state index is 11.4. The Morgan fingerprint density at radius 3 is 2.57 bits per heavy atom. The second kappa shape index (κ2) is 7.88. The van der Waals surface area contributed by atoms with Crippen molar-refractivity contribution in [3.05, 3.63) is 28.8 Å². The molecule has 0 heterocycles. The van der Waals surface area contributed by atoms with Crippen molar-refractivity contribution in [3.8, 4) is 0 Å². The summed E-state index contributed by atoms with van der Waals surface area (Å²) in [6, 6.07) is 5.05. The molecule has 0 spiro atoms. The lowest BCUT2D eigenvalue weighted by molar-refractivity contribution is -0.141. The van der Waals surface area contributed by atoms with Crippen molar-refractivity contribution >= 4 is 29.2 Å². The number of nitrogens with one attached hydrogen (secondary N) is 1. The molecule has 1 amide bonds. The smallest absolute Gasteiger partial charge is 0.306 e. The van der Waals surface area contributed by atoms with E-state index >= 15 is 0 Å². The third-order valence-electron chi connectivity index (χ3n) is 3.34. The quantitative estimate of drug-likeness (QED) is 0.687. The molecule has 0 fully saturated rings. The number of primary amides is 1. The molecule has 0 aliphatic carbocycles. The number of hydrogen-bond acceptors (Lipinski definition) is 3. The van der Waals surface area contributed by atoms with Crippen LogP contribution in [-0.4, -0.2) is 23.0 Å². The molecule has 1 rings (SSSR count). The molecule has 1 aromatic carbocycles. The predicted molar refractivity (Wildman–Crippen MR) is 83.7 cm³/mol. The number of benzene rings is 1. The Labute approximate surface area is 129 Å². The normalized spacial score (nSPS) is 13.5. The van der Waals surface area contributed by atoms with E-state index in [0.717, 1.165) is 12.8 Å². The van der Waals surface area contributed by atoms with Crippen molar-refractivity contribution in [2.75, 3.05) is 5.32 Å². The summed E-state index contributed by atoms with van der Waals surface area (Å²) in [4.78, 5) is 22.1. The van der Waals surface area contributed by atoms with E-state index in [2.05, 4.69) is 5.32 Å². The SMILES string of the molecule is CC(CCCC(C)C(=O)O)Nc1ccc(Cl)cc1C(N)=O. The van der Waals surface area contributed by atoms with Gasteiger partial charge in [-0.15, -0.1) is 0 Å². The van der Waals surface area contributed by atoms with Crippen LogP contribution >= 0.6 is 11.6 Å². The van der Waals surface area contributed by atoms with Crippen molar-refractivity contribution < 1.29 is 14.7 Å². The molecule has 0 aliphatic rings. The molecule has 0 aromatic heterocycles. The molecule has 1 aromatic rings. The zero-order valence-corrected chi connectivity index (χ0v) is 13.0. The van der Waals surface area contributed by atoms with Gasteiger partial charge in [-0.05, 0) is 38.0 Å². The van der Waals surface area contributed by atoms with Crippen molar-refractivity contribution in [2.45, 2.75) is 39.2 Å². The Kier molecular flexibility index (Phi) is 6.49. The number of amides is 1. The summed E-state index contributed by atoms with van der Waals surface area (Å²) < 4.78 is 0. The lowest BCUT2D eigenvalue weighted by atomic mass is 10.0. The largest absolute Gasteiger partial charge is 0.481 e. The number of aliphatic carboxylic acids is 1. The molecule has 0 saturated heterocycles. The predicted octanol–water partition coefficient (Wildman–Crippen LogP) is 3.13. The van der Waals surface area contributed by atoms with Gasteiger partial charge in [-0.3, -0.25) is 9.59 Å². The Morgan fingerprint density at radius 2 is 2.00 bits per heavy atom. The highest BCUT2D eigenvalue weighted by Gasteiger charge is 2.13. The molecule has 0 aliphatic heterocycles. The maximum Gasteiger partial charge on any atom is 0.306 e. The first-order chi connectivity index (χ1) is 9.81. The van der Waals surface area contributed by atoms with E-state index in [1.807, 2.05) is 6.92 Å². The molecule has 2 atom stereocenters. The third kappa shape index (κ3) is 5.63. The molecular formula is C15H21ClN2O3. The number of carboxylic acid groups (broad SMARTS) is 1. The highest BCUT2D eigenvalue weighted by atomic mass is 35.5. The van der Waals surface area contributed by atoms with Gasteiger partial charge in [0.1, 0.15) is 0 Å². The van der Waals surface area contributed by atoms with Gasteiger partial charge in [0, 0.05) is 16.8 Å². The van der Waals surface area contributed by atoms with Crippen LogP contribution in [0.25, 0.3) is 0 Å². The van der Waals surface area contributed by atoms with Crippen molar-refractivity contribution in [1.82, 2.24) is 0 Å². The van der Waals surface area contributed by atoms with Crippen LogP contribution in [-0.2, 0) is 4.79 Å². The molecule has 0 radical (unpaired) electrons. The number of nitrogens with two attached hydrogens (primary N) is 1.